The zero-order valence-corrected chi connectivity index (χ0v) is 19.5. The van der Waals surface area contributed by atoms with Crippen molar-refractivity contribution in [2.45, 2.75) is 24.9 Å². The van der Waals surface area contributed by atoms with E-state index in [4.69, 9.17) is 11.6 Å². The molecule has 0 aliphatic carbocycles. The van der Waals surface area contributed by atoms with Crippen molar-refractivity contribution in [1.29, 1.82) is 0 Å². The summed E-state index contributed by atoms with van der Waals surface area (Å²) in [7, 11) is 0. The molecule has 35 heavy (non-hydrogen) atoms. The second kappa shape index (κ2) is 8.98. The summed E-state index contributed by atoms with van der Waals surface area (Å²) < 4.78 is 41.8. The molecule has 2 aliphatic rings. The Labute approximate surface area is 206 Å². The summed E-state index contributed by atoms with van der Waals surface area (Å²) in [5, 5.41) is 17.5. The molecule has 2 N–H and O–H groups in total. The van der Waals surface area contributed by atoms with Gasteiger partial charge in [0.25, 0.3) is 11.1 Å². The highest BCUT2D eigenvalue weighted by Gasteiger charge is 2.44. The zero-order valence-electron chi connectivity index (χ0n) is 17.9. The van der Waals surface area contributed by atoms with Crippen LogP contribution in [0.2, 0.25) is 5.02 Å². The number of β-amino-alcohol motifs (C(OH)–C–C–N with tert-alkyl or cyclic N) is 1. The van der Waals surface area contributed by atoms with Crippen molar-refractivity contribution in [3.8, 4) is 0 Å². The monoisotopic (exact) mass is 522 g/mol. The summed E-state index contributed by atoms with van der Waals surface area (Å²) in [4.78, 5) is 26.6. The van der Waals surface area contributed by atoms with Gasteiger partial charge in [-0.25, -0.2) is 0 Å². The molecule has 5 rings (SSSR count). The number of hydrogen-bond donors (Lipinski definition) is 2. The Morgan fingerprint density at radius 3 is 2.71 bits per heavy atom. The van der Waals surface area contributed by atoms with E-state index in [2.05, 4.69) is 10.4 Å². The third-order valence-electron chi connectivity index (χ3n) is 5.97. The van der Waals surface area contributed by atoms with E-state index in [1.54, 1.807) is 24.3 Å². The van der Waals surface area contributed by atoms with Gasteiger partial charge in [0.15, 0.2) is 0 Å². The predicted molar refractivity (Wildman–Crippen MR) is 126 cm³/mol. The van der Waals surface area contributed by atoms with Gasteiger partial charge >= 0.3 is 6.18 Å². The van der Waals surface area contributed by atoms with Crippen molar-refractivity contribution in [1.82, 2.24) is 20.0 Å². The molecule has 2 saturated heterocycles. The third-order valence-corrected chi connectivity index (χ3v) is 7.09. The molecule has 0 bridgehead atoms. The van der Waals surface area contributed by atoms with Gasteiger partial charge in [0.05, 0.1) is 40.9 Å². The number of amides is 2. The van der Waals surface area contributed by atoms with Gasteiger partial charge in [-0.1, -0.05) is 23.7 Å². The quantitative estimate of drug-likeness (QED) is 0.501. The van der Waals surface area contributed by atoms with Crippen LogP contribution in [0.3, 0.4) is 0 Å². The van der Waals surface area contributed by atoms with Crippen LogP contribution in [-0.4, -0.2) is 56.2 Å². The number of thioether (sulfide) groups is 1. The average molecular weight is 523 g/mol. The molecular formula is C23H18ClF3N4O3S. The van der Waals surface area contributed by atoms with Gasteiger partial charge in [-0.05, 0) is 53.2 Å². The molecule has 0 radical (unpaired) electrons. The SMILES string of the molecule is O=C1S/C(=C\c2ccc3c(cnn3Cc3ccc(Cl)cc3C(F)(F)F)c2)C(=O)N1[C@H]1CNC[C@@H]1O. The van der Waals surface area contributed by atoms with Crippen LogP contribution in [0.5, 0.6) is 0 Å². The van der Waals surface area contributed by atoms with Crippen molar-refractivity contribution in [2.24, 2.45) is 0 Å². The Kier molecular flexibility index (Phi) is 6.12. The molecule has 0 spiro atoms. The minimum Gasteiger partial charge on any atom is -0.390 e. The molecule has 12 heteroatoms. The second-order valence-corrected chi connectivity index (χ2v) is 9.69. The Hall–Kier alpha value is -2.86. The fourth-order valence-electron chi connectivity index (χ4n) is 4.26. The van der Waals surface area contributed by atoms with E-state index in [0.717, 1.165) is 22.7 Å². The Morgan fingerprint density at radius 1 is 1.20 bits per heavy atom. The van der Waals surface area contributed by atoms with E-state index in [1.807, 2.05) is 0 Å². The van der Waals surface area contributed by atoms with Gasteiger partial charge in [0.2, 0.25) is 0 Å². The topological polar surface area (TPSA) is 87.5 Å². The maximum atomic E-state index is 13.5. The lowest BCUT2D eigenvalue weighted by atomic mass is 10.1. The molecule has 2 fully saturated rings. The summed E-state index contributed by atoms with van der Waals surface area (Å²) >= 11 is 6.57. The summed E-state index contributed by atoms with van der Waals surface area (Å²) in [6.45, 7) is 0.541. The van der Waals surface area contributed by atoms with Crippen LogP contribution < -0.4 is 5.32 Å². The van der Waals surface area contributed by atoms with Crippen LogP contribution in [0.4, 0.5) is 18.0 Å². The van der Waals surface area contributed by atoms with Gasteiger partial charge in [-0.3, -0.25) is 19.2 Å². The largest absolute Gasteiger partial charge is 0.416 e. The summed E-state index contributed by atoms with van der Waals surface area (Å²) in [6, 6.07) is 8.17. The number of benzene rings is 2. The van der Waals surface area contributed by atoms with Crippen LogP contribution in [0.1, 0.15) is 16.7 Å². The highest BCUT2D eigenvalue weighted by atomic mass is 35.5. The van der Waals surface area contributed by atoms with E-state index in [0.29, 0.717) is 29.6 Å². The van der Waals surface area contributed by atoms with Crippen molar-refractivity contribution in [2.75, 3.05) is 13.1 Å². The van der Waals surface area contributed by atoms with Gasteiger partial charge in [0, 0.05) is 23.5 Å². The highest BCUT2D eigenvalue weighted by Crippen LogP contribution is 2.36. The number of imide groups is 1. The zero-order chi connectivity index (χ0) is 24.9. The number of aliphatic hydroxyl groups excluding tert-OH is 1. The number of nitrogens with zero attached hydrogens (tertiary/aromatic N) is 3. The van der Waals surface area contributed by atoms with E-state index in [1.165, 1.54) is 23.0 Å². The minimum atomic E-state index is -4.55. The third kappa shape index (κ3) is 4.56. The maximum absolute atomic E-state index is 13.5. The highest BCUT2D eigenvalue weighted by molar-refractivity contribution is 8.18. The molecule has 0 saturated carbocycles. The Morgan fingerprint density at radius 2 is 2.00 bits per heavy atom. The molecule has 7 nitrogen and oxygen atoms in total. The van der Waals surface area contributed by atoms with Crippen molar-refractivity contribution in [3.05, 3.63) is 69.2 Å². The van der Waals surface area contributed by atoms with Crippen LogP contribution in [0.25, 0.3) is 17.0 Å². The van der Waals surface area contributed by atoms with Gasteiger partial charge in [-0.15, -0.1) is 0 Å². The molecule has 2 amide bonds. The van der Waals surface area contributed by atoms with E-state index in [9.17, 15) is 27.9 Å². The average Bonchev–Trinajstić information content (AvgIpc) is 3.46. The first-order valence-electron chi connectivity index (χ1n) is 10.6. The molecule has 182 valence electrons. The number of carbonyl (C=O) groups excluding carboxylic acids is 2. The number of fused-ring (bicyclic) bond motifs is 1. The van der Waals surface area contributed by atoms with E-state index in [-0.39, 0.29) is 22.0 Å². The standard InChI is InChI=1S/C23H18ClF3N4O3S/c24-15-3-2-13(16(7-15)23(25,26)27)11-30-17-4-1-12(5-14(17)8-29-30)6-20-21(33)31(22(34)35-20)18-9-28-10-19(18)32/h1-8,18-19,28,32H,9-11H2/b20-6-/t18-,19-/m0/s1. The number of alkyl halides is 3. The van der Waals surface area contributed by atoms with Gasteiger partial charge in [0.1, 0.15) is 0 Å². The first-order valence-corrected chi connectivity index (χ1v) is 11.8. The number of aliphatic hydroxyl groups is 1. The first-order chi connectivity index (χ1) is 16.6. The van der Waals surface area contributed by atoms with Crippen molar-refractivity contribution >= 4 is 51.5 Å². The molecule has 2 aromatic carbocycles. The summed E-state index contributed by atoms with van der Waals surface area (Å²) in [6.07, 6.45) is -2.26. The summed E-state index contributed by atoms with van der Waals surface area (Å²) in [5.74, 6) is -0.467. The van der Waals surface area contributed by atoms with Crippen molar-refractivity contribution in [3.63, 3.8) is 0 Å². The number of nitrogens with one attached hydrogen (secondary N) is 1. The number of aromatic nitrogens is 2. The number of rotatable bonds is 4. The lowest BCUT2D eigenvalue weighted by molar-refractivity contribution is -0.138. The van der Waals surface area contributed by atoms with Crippen LogP contribution in [0, 0.1) is 0 Å². The molecule has 2 atom stereocenters. The molecular weight excluding hydrogens is 505 g/mol. The fourth-order valence-corrected chi connectivity index (χ4v) is 5.32. The Bertz CT molecular complexity index is 1370. The molecule has 2 aliphatic heterocycles. The number of hydrogen-bond acceptors (Lipinski definition) is 6. The predicted octanol–water partition coefficient (Wildman–Crippen LogP) is 4.13. The molecule has 1 aromatic heterocycles. The van der Waals surface area contributed by atoms with Crippen molar-refractivity contribution < 1.29 is 27.9 Å². The molecule has 3 heterocycles. The number of halogens is 4. The first kappa shape index (κ1) is 23.9. The Balaban J connectivity index is 1.41. The number of carbonyl (C=O) groups is 2. The normalized spacial score (nSPS) is 22.2. The molecule has 0 unspecified atom stereocenters. The second-order valence-electron chi connectivity index (χ2n) is 8.26. The summed E-state index contributed by atoms with van der Waals surface area (Å²) in [5.41, 5.74) is 0.463. The van der Waals surface area contributed by atoms with Gasteiger partial charge in [-0.2, -0.15) is 18.3 Å². The van der Waals surface area contributed by atoms with E-state index >= 15 is 0 Å². The maximum Gasteiger partial charge on any atom is 0.416 e. The molecule has 3 aromatic rings. The lowest BCUT2D eigenvalue weighted by Gasteiger charge is -2.22. The lowest BCUT2D eigenvalue weighted by Crippen LogP contribution is -2.45. The van der Waals surface area contributed by atoms with E-state index < -0.39 is 35.0 Å². The van der Waals surface area contributed by atoms with Gasteiger partial charge < -0.3 is 10.4 Å². The minimum absolute atomic E-state index is 0.000780. The van der Waals surface area contributed by atoms with Crippen LogP contribution in [-0.2, 0) is 17.5 Å². The smallest absolute Gasteiger partial charge is 0.390 e. The van der Waals surface area contributed by atoms with Crippen LogP contribution >= 0.6 is 23.4 Å². The van der Waals surface area contributed by atoms with Crippen LogP contribution in [0.15, 0.2) is 47.5 Å². The fraction of sp³-hybridized carbons (Fsp3) is 0.261.